The standard InChI is InChI=1S/C24H22ClN3O3S/c1-16-10-11-32-21(16)14-26(2)22(29)15-28-20-12-18(25)8-9-19(20)27(23(30)24(28)31)13-17-6-4-3-5-7-17/h3-12H,13-15H2,1-2H3. The molecule has 164 valence electrons. The van der Waals surface area contributed by atoms with Crippen molar-refractivity contribution in [2.24, 2.45) is 0 Å². The van der Waals surface area contributed by atoms with Crippen molar-refractivity contribution >= 4 is 39.9 Å². The van der Waals surface area contributed by atoms with Gasteiger partial charge < -0.3 is 4.90 Å². The number of hydrogen-bond acceptors (Lipinski definition) is 4. The second-order valence-corrected chi connectivity index (χ2v) is 9.11. The average molecular weight is 468 g/mol. The lowest BCUT2D eigenvalue weighted by molar-refractivity contribution is -0.131. The van der Waals surface area contributed by atoms with Gasteiger partial charge in [0.2, 0.25) is 5.91 Å². The summed E-state index contributed by atoms with van der Waals surface area (Å²) in [7, 11) is 1.69. The fourth-order valence-electron chi connectivity index (χ4n) is 3.60. The Kier molecular flexibility index (Phi) is 6.30. The van der Waals surface area contributed by atoms with Crippen molar-refractivity contribution in [3.8, 4) is 0 Å². The van der Waals surface area contributed by atoms with Gasteiger partial charge in [-0.15, -0.1) is 11.3 Å². The number of rotatable bonds is 6. The maximum absolute atomic E-state index is 13.1. The van der Waals surface area contributed by atoms with Crippen molar-refractivity contribution in [2.75, 3.05) is 7.05 Å². The highest BCUT2D eigenvalue weighted by atomic mass is 35.5. The highest BCUT2D eigenvalue weighted by Gasteiger charge is 2.18. The molecule has 32 heavy (non-hydrogen) atoms. The van der Waals surface area contributed by atoms with E-state index in [0.717, 1.165) is 16.0 Å². The van der Waals surface area contributed by atoms with E-state index in [-0.39, 0.29) is 19.0 Å². The second-order valence-electron chi connectivity index (χ2n) is 7.68. The smallest absolute Gasteiger partial charge is 0.317 e. The normalized spacial score (nSPS) is 11.1. The Morgan fingerprint density at radius 1 is 1.00 bits per heavy atom. The average Bonchev–Trinajstić information content (AvgIpc) is 3.19. The molecule has 0 saturated carbocycles. The molecule has 0 fully saturated rings. The molecule has 0 saturated heterocycles. The van der Waals surface area contributed by atoms with Crippen LogP contribution in [-0.4, -0.2) is 27.0 Å². The van der Waals surface area contributed by atoms with Crippen molar-refractivity contribution < 1.29 is 4.79 Å². The van der Waals surface area contributed by atoms with E-state index in [9.17, 15) is 14.4 Å². The summed E-state index contributed by atoms with van der Waals surface area (Å²) in [5.74, 6) is -0.263. The Hall–Kier alpha value is -3.16. The number of fused-ring (bicyclic) bond motifs is 1. The van der Waals surface area contributed by atoms with Crippen LogP contribution in [0.3, 0.4) is 0 Å². The zero-order valence-electron chi connectivity index (χ0n) is 17.7. The Morgan fingerprint density at radius 3 is 2.41 bits per heavy atom. The Balaban J connectivity index is 1.74. The predicted molar refractivity (Wildman–Crippen MR) is 129 cm³/mol. The minimum absolute atomic E-state index is 0.238. The highest BCUT2D eigenvalue weighted by molar-refractivity contribution is 7.10. The summed E-state index contributed by atoms with van der Waals surface area (Å²) in [4.78, 5) is 41.7. The van der Waals surface area contributed by atoms with Gasteiger partial charge in [-0.1, -0.05) is 41.9 Å². The summed E-state index contributed by atoms with van der Waals surface area (Å²) in [6.07, 6.45) is 0. The molecule has 0 bridgehead atoms. The van der Waals surface area contributed by atoms with Gasteiger partial charge in [-0.2, -0.15) is 0 Å². The summed E-state index contributed by atoms with van der Waals surface area (Å²) in [6.45, 7) is 2.45. The van der Waals surface area contributed by atoms with Gasteiger partial charge in [0.25, 0.3) is 0 Å². The number of aryl methyl sites for hydroxylation is 1. The fourth-order valence-corrected chi connectivity index (χ4v) is 4.72. The number of thiophene rings is 1. The molecule has 4 rings (SSSR count). The maximum atomic E-state index is 13.1. The summed E-state index contributed by atoms with van der Waals surface area (Å²) < 4.78 is 2.66. The van der Waals surface area contributed by atoms with E-state index in [1.54, 1.807) is 41.5 Å². The van der Waals surface area contributed by atoms with Crippen LogP contribution in [0.5, 0.6) is 0 Å². The van der Waals surface area contributed by atoms with Crippen LogP contribution in [0.15, 0.2) is 69.6 Å². The number of amides is 1. The van der Waals surface area contributed by atoms with Crippen molar-refractivity contribution in [1.29, 1.82) is 0 Å². The summed E-state index contributed by atoms with van der Waals surface area (Å²) >= 11 is 7.79. The molecule has 0 aliphatic carbocycles. The van der Waals surface area contributed by atoms with Crippen LogP contribution in [0.2, 0.25) is 5.02 Å². The van der Waals surface area contributed by atoms with Crippen LogP contribution in [0.4, 0.5) is 0 Å². The molecule has 1 amide bonds. The zero-order valence-corrected chi connectivity index (χ0v) is 19.3. The summed E-state index contributed by atoms with van der Waals surface area (Å²) in [6, 6.07) is 16.4. The lowest BCUT2D eigenvalue weighted by Crippen LogP contribution is -2.44. The van der Waals surface area contributed by atoms with Crippen LogP contribution in [0, 0.1) is 6.92 Å². The third-order valence-corrected chi connectivity index (χ3v) is 6.69. The number of benzene rings is 2. The first-order valence-electron chi connectivity index (χ1n) is 10.1. The van der Waals surface area contributed by atoms with Gasteiger partial charge in [-0.3, -0.25) is 23.5 Å². The van der Waals surface area contributed by atoms with Crippen molar-refractivity contribution in [2.45, 2.75) is 26.6 Å². The molecule has 0 spiro atoms. The Labute approximate surface area is 193 Å². The molecule has 0 aliphatic rings. The van der Waals surface area contributed by atoms with Gasteiger partial charge in [0.1, 0.15) is 6.54 Å². The van der Waals surface area contributed by atoms with Gasteiger partial charge in [0.15, 0.2) is 0 Å². The van der Waals surface area contributed by atoms with Crippen LogP contribution < -0.4 is 11.1 Å². The van der Waals surface area contributed by atoms with E-state index in [1.807, 2.05) is 48.7 Å². The molecule has 6 nitrogen and oxygen atoms in total. The quantitative estimate of drug-likeness (QED) is 0.404. The molecule has 8 heteroatoms. The number of halogens is 1. The van der Waals surface area contributed by atoms with Crippen molar-refractivity contribution in [1.82, 2.24) is 14.0 Å². The minimum Gasteiger partial charge on any atom is -0.339 e. The van der Waals surface area contributed by atoms with Gasteiger partial charge in [-0.05, 0) is 47.7 Å². The van der Waals surface area contributed by atoms with Crippen LogP contribution in [0.1, 0.15) is 16.0 Å². The van der Waals surface area contributed by atoms with E-state index in [1.165, 1.54) is 9.13 Å². The number of hydrogen-bond donors (Lipinski definition) is 0. The van der Waals surface area contributed by atoms with E-state index in [4.69, 9.17) is 11.6 Å². The van der Waals surface area contributed by atoms with Crippen LogP contribution in [-0.2, 0) is 24.4 Å². The van der Waals surface area contributed by atoms with Gasteiger partial charge >= 0.3 is 11.1 Å². The number of aromatic nitrogens is 2. The second kappa shape index (κ2) is 9.14. The topological polar surface area (TPSA) is 64.3 Å². The third-order valence-electron chi connectivity index (χ3n) is 5.44. The van der Waals surface area contributed by atoms with E-state index < -0.39 is 11.1 Å². The van der Waals surface area contributed by atoms with Crippen LogP contribution in [0.25, 0.3) is 11.0 Å². The first-order valence-corrected chi connectivity index (χ1v) is 11.3. The summed E-state index contributed by atoms with van der Waals surface area (Å²) in [5.41, 5.74) is 1.59. The molecule has 2 heterocycles. The predicted octanol–water partition coefficient (Wildman–Crippen LogP) is 3.89. The Bertz CT molecular complexity index is 1410. The molecule has 0 unspecified atom stereocenters. The van der Waals surface area contributed by atoms with Gasteiger partial charge in [0, 0.05) is 16.9 Å². The molecule has 0 N–H and O–H groups in total. The summed E-state index contributed by atoms with van der Waals surface area (Å²) in [5, 5.41) is 2.40. The van der Waals surface area contributed by atoms with Crippen molar-refractivity contribution in [3.63, 3.8) is 0 Å². The minimum atomic E-state index is -0.746. The van der Waals surface area contributed by atoms with Crippen molar-refractivity contribution in [3.05, 3.63) is 102 Å². The largest absolute Gasteiger partial charge is 0.339 e. The molecule has 0 atom stereocenters. The van der Waals surface area contributed by atoms with E-state index in [2.05, 4.69) is 0 Å². The number of likely N-dealkylation sites (N-methyl/N-ethyl adjacent to an activating group) is 1. The first-order chi connectivity index (χ1) is 15.3. The maximum Gasteiger partial charge on any atom is 0.317 e. The number of nitrogens with zero attached hydrogens (tertiary/aromatic N) is 3. The monoisotopic (exact) mass is 467 g/mol. The lowest BCUT2D eigenvalue weighted by atomic mass is 10.2. The van der Waals surface area contributed by atoms with Gasteiger partial charge in [0.05, 0.1) is 24.1 Å². The highest BCUT2D eigenvalue weighted by Crippen LogP contribution is 2.20. The SMILES string of the molecule is Cc1ccsc1CN(C)C(=O)Cn1c(=O)c(=O)n(Cc2ccccc2)c2ccc(Cl)cc21. The first kappa shape index (κ1) is 22.0. The van der Waals surface area contributed by atoms with Gasteiger partial charge in [-0.25, -0.2) is 0 Å². The molecule has 4 aromatic rings. The molecular formula is C24H22ClN3O3S. The van der Waals surface area contributed by atoms with E-state index >= 15 is 0 Å². The number of carbonyl (C=O) groups excluding carboxylic acids is 1. The third kappa shape index (κ3) is 4.40. The van der Waals surface area contributed by atoms with E-state index in [0.29, 0.717) is 22.6 Å². The molecule has 2 aromatic heterocycles. The lowest BCUT2D eigenvalue weighted by Gasteiger charge is -2.20. The Morgan fingerprint density at radius 2 is 1.72 bits per heavy atom. The molecule has 2 aromatic carbocycles. The molecule has 0 radical (unpaired) electrons. The molecule has 0 aliphatic heterocycles. The number of carbonyl (C=O) groups is 1. The fraction of sp³-hybridized carbons (Fsp3) is 0.208. The molecular weight excluding hydrogens is 446 g/mol. The zero-order chi connectivity index (χ0) is 22.8. The van der Waals surface area contributed by atoms with Crippen LogP contribution >= 0.6 is 22.9 Å².